The Morgan fingerprint density at radius 3 is 1.24 bits per heavy atom. The molecule has 6 rings (SSSR count). The van der Waals surface area contributed by atoms with Crippen molar-refractivity contribution in [2.75, 3.05) is 21.3 Å². The first kappa shape index (κ1) is 37.2. The first-order valence-corrected chi connectivity index (χ1v) is 18.6. The van der Waals surface area contributed by atoms with E-state index in [4.69, 9.17) is 0 Å². The lowest BCUT2D eigenvalue weighted by Crippen LogP contribution is -2.21. The van der Waals surface area contributed by atoms with E-state index in [2.05, 4.69) is 21.3 Å². The van der Waals surface area contributed by atoms with Crippen LogP contribution in [-0.2, 0) is 20.2 Å². The van der Waals surface area contributed by atoms with Gasteiger partial charge in [-0.15, -0.1) is 0 Å². The molecule has 0 aromatic heterocycles. The minimum absolute atomic E-state index is 0.0419. The zero-order chi connectivity index (χ0) is 39.1. The number of rotatable bonds is 8. The van der Waals surface area contributed by atoms with Crippen molar-refractivity contribution in [3.05, 3.63) is 119 Å². The maximum atomic E-state index is 13.3. The molecule has 0 atom stereocenters. The molecule has 17 heteroatoms. The minimum atomic E-state index is -4.74. The zero-order valence-electron chi connectivity index (χ0n) is 28.2. The normalized spacial score (nSPS) is 11.6. The molecule has 8 N–H and O–H groups in total. The molecule has 0 heterocycles. The van der Waals surface area contributed by atoms with Crippen LogP contribution in [-0.4, -0.2) is 54.0 Å². The van der Waals surface area contributed by atoms with Crippen molar-refractivity contribution >= 4 is 82.4 Å². The fourth-order valence-electron chi connectivity index (χ4n) is 5.77. The van der Waals surface area contributed by atoms with Crippen LogP contribution >= 0.6 is 0 Å². The minimum Gasteiger partial charge on any atom is -0.508 e. The predicted molar refractivity (Wildman–Crippen MR) is 202 cm³/mol. The summed E-state index contributed by atoms with van der Waals surface area (Å²) in [6, 6.07) is 21.2. The standard InChI is InChI=1S/C37H30N4O11S2/c1-19-3-7-23(13-29(19)35(44)38-25-11-21-5-9-27(42)17-31(21)33(15-25)53(47,48)49)40-37(46)41-24-8-4-20(2)30(14-24)36(45)39-26-12-22-6-10-28(43)18-32(22)34(16-26)54(50,51)52/h3-18,42-43H,1-2H3,(H,38,44)(H,39,45)(H2,40,41,46)(H,47,48,49)(H,50,51,52). The summed E-state index contributed by atoms with van der Waals surface area (Å²) >= 11 is 0. The molecule has 0 unspecified atom stereocenters. The van der Waals surface area contributed by atoms with E-state index in [0.717, 1.165) is 12.1 Å². The Morgan fingerprint density at radius 2 is 0.870 bits per heavy atom. The summed E-state index contributed by atoms with van der Waals surface area (Å²) in [5.74, 6) is -1.75. The molecule has 0 aliphatic heterocycles. The van der Waals surface area contributed by atoms with E-state index in [1.165, 1.54) is 60.7 Å². The third-order valence-corrected chi connectivity index (χ3v) is 10.1. The Kier molecular flexibility index (Phi) is 9.74. The van der Waals surface area contributed by atoms with Gasteiger partial charge in [-0.1, -0.05) is 24.3 Å². The summed E-state index contributed by atoms with van der Waals surface area (Å²) in [5, 5.41) is 30.8. The fourth-order valence-corrected chi connectivity index (χ4v) is 7.23. The van der Waals surface area contributed by atoms with E-state index < -0.39 is 47.9 Å². The van der Waals surface area contributed by atoms with Gasteiger partial charge in [0.1, 0.15) is 21.3 Å². The van der Waals surface area contributed by atoms with E-state index in [1.807, 2.05) is 0 Å². The lowest BCUT2D eigenvalue weighted by molar-refractivity contribution is 0.101. The summed E-state index contributed by atoms with van der Waals surface area (Å²) in [5.41, 5.74) is 1.79. The van der Waals surface area contributed by atoms with E-state index in [-0.39, 0.29) is 56.1 Å². The quantitative estimate of drug-likeness (QED) is 0.0760. The van der Waals surface area contributed by atoms with Crippen molar-refractivity contribution in [3.8, 4) is 11.5 Å². The zero-order valence-corrected chi connectivity index (χ0v) is 29.8. The highest BCUT2D eigenvalue weighted by Crippen LogP contribution is 2.32. The average Bonchev–Trinajstić information content (AvgIpc) is 3.08. The predicted octanol–water partition coefficient (Wildman–Crippen LogP) is 6.66. The van der Waals surface area contributed by atoms with E-state index >= 15 is 0 Å². The number of anilines is 4. The SMILES string of the molecule is Cc1ccc(NC(=O)Nc2ccc(C)c(C(=O)Nc3cc(S(=O)(=O)O)c4cc(O)ccc4c3)c2)cc1C(=O)Nc1cc(S(=O)(=O)O)c2cc(O)ccc2c1. The average molecular weight is 771 g/mol. The third-order valence-electron chi connectivity index (χ3n) is 8.35. The van der Waals surface area contributed by atoms with Crippen molar-refractivity contribution < 1.29 is 50.5 Å². The van der Waals surface area contributed by atoms with Gasteiger partial charge in [0.05, 0.1) is 0 Å². The number of hydrogen-bond donors (Lipinski definition) is 8. The highest BCUT2D eigenvalue weighted by atomic mass is 32.2. The summed E-state index contributed by atoms with van der Waals surface area (Å²) in [4.78, 5) is 38.7. The van der Waals surface area contributed by atoms with E-state index in [0.29, 0.717) is 21.9 Å². The number of carbonyl (C=O) groups is 3. The van der Waals surface area contributed by atoms with Gasteiger partial charge in [0.2, 0.25) is 0 Å². The topological polar surface area (TPSA) is 249 Å². The monoisotopic (exact) mass is 770 g/mol. The fraction of sp³-hybridized carbons (Fsp3) is 0.0541. The van der Waals surface area contributed by atoms with Crippen LogP contribution in [0.25, 0.3) is 21.5 Å². The number of phenolic OH excluding ortho intramolecular Hbond substituents is 2. The van der Waals surface area contributed by atoms with Gasteiger partial charge in [-0.2, -0.15) is 16.8 Å². The number of amides is 4. The van der Waals surface area contributed by atoms with Crippen LogP contribution in [0.1, 0.15) is 31.8 Å². The number of fused-ring (bicyclic) bond motifs is 2. The number of phenols is 2. The summed E-state index contributed by atoms with van der Waals surface area (Å²) in [7, 11) is -9.47. The number of aromatic hydroxyl groups is 2. The van der Waals surface area contributed by atoms with Gasteiger partial charge in [-0.3, -0.25) is 18.7 Å². The molecular weight excluding hydrogens is 741 g/mol. The molecule has 54 heavy (non-hydrogen) atoms. The number of carbonyl (C=O) groups excluding carboxylic acids is 3. The molecule has 4 amide bonds. The van der Waals surface area contributed by atoms with Crippen molar-refractivity contribution in [1.82, 2.24) is 0 Å². The summed E-state index contributed by atoms with van der Waals surface area (Å²) < 4.78 is 68.0. The molecule has 0 aliphatic carbocycles. The van der Waals surface area contributed by atoms with Crippen LogP contribution < -0.4 is 21.3 Å². The largest absolute Gasteiger partial charge is 0.508 e. The Morgan fingerprint density at radius 1 is 0.481 bits per heavy atom. The Balaban J connectivity index is 1.18. The van der Waals surface area contributed by atoms with Gasteiger partial charge < -0.3 is 31.5 Å². The number of benzene rings is 6. The molecule has 0 saturated carbocycles. The molecule has 276 valence electrons. The second kappa shape index (κ2) is 14.1. The first-order valence-electron chi connectivity index (χ1n) is 15.8. The van der Waals surface area contributed by atoms with Crippen LogP contribution in [0, 0.1) is 13.8 Å². The van der Waals surface area contributed by atoms with Crippen molar-refractivity contribution in [1.29, 1.82) is 0 Å². The lowest BCUT2D eigenvalue weighted by atomic mass is 10.1. The van der Waals surface area contributed by atoms with Crippen LogP contribution in [0.4, 0.5) is 27.5 Å². The maximum Gasteiger partial charge on any atom is 0.323 e. The first-order chi connectivity index (χ1) is 25.3. The third kappa shape index (κ3) is 8.08. The molecule has 0 spiro atoms. The Bertz CT molecular complexity index is 2600. The van der Waals surface area contributed by atoms with Crippen molar-refractivity contribution in [2.45, 2.75) is 23.6 Å². The van der Waals surface area contributed by atoms with Crippen molar-refractivity contribution in [3.63, 3.8) is 0 Å². The molecule has 6 aromatic rings. The molecule has 0 saturated heterocycles. The maximum absolute atomic E-state index is 13.3. The second-order valence-electron chi connectivity index (χ2n) is 12.3. The van der Waals surface area contributed by atoms with Gasteiger partial charge in [-0.25, -0.2) is 4.79 Å². The molecule has 0 bridgehead atoms. The number of urea groups is 1. The Labute approximate surface area is 307 Å². The van der Waals surface area contributed by atoms with Gasteiger partial charge in [0, 0.05) is 44.6 Å². The molecule has 0 aliphatic rings. The van der Waals surface area contributed by atoms with E-state index in [9.17, 15) is 50.5 Å². The Hall–Kier alpha value is -6.53. The van der Waals surface area contributed by atoms with E-state index in [1.54, 1.807) is 38.1 Å². The van der Waals surface area contributed by atoms with Crippen LogP contribution in [0.15, 0.2) is 107 Å². The number of aryl methyl sites for hydroxylation is 2. The smallest absolute Gasteiger partial charge is 0.323 e. The second-order valence-corrected chi connectivity index (χ2v) is 15.0. The number of nitrogens with one attached hydrogen (secondary N) is 4. The summed E-state index contributed by atoms with van der Waals surface area (Å²) in [6.07, 6.45) is 0. The van der Waals surface area contributed by atoms with Crippen LogP contribution in [0.5, 0.6) is 11.5 Å². The van der Waals surface area contributed by atoms with Gasteiger partial charge in [-0.05, 0) is 109 Å². The molecule has 15 nitrogen and oxygen atoms in total. The molecular formula is C37H30N4O11S2. The highest BCUT2D eigenvalue weighted by Gasteiger charge is 2.20. The molecule has 0 radical (unpaired) electrons. The van der Waals surface area contributed by atoms with Gasteiger partial charge in [0.25, 0.3) is 32.1 Å². The van der Waals surface area contributed by atoms with Gasteiger partial charge in [0.15, 0.2) is 0 Å². The van der Waals surface area contributed by atoms with Crippen LogP contribution in [0.3, 0.4) is 0 Å². The van der Waals surface area contributed by atoms with Gasteiger partial charge >= 0.3 is 6.03 Å². The van der Waals surface area contributed by atoms with Crippen LogP contribution in [0.2, 0.25) is 0 Å². The molecule has 0 fully saturated rings. The molecule has 6 aromatic carbocycles. The summed E-state index contributed by atoms with van der Waals surface area (Å²) in [6.45, 7) is 3.30. The van der Waals surface area contributed by atoms with Crippen molar-refractivity contribution in [2.24, 2.45) is 0 Å². The number of hydrogen-bond acceptors (Lipinski definition) is 9. The lowest BCUT2D eigenvalue weighted by Gasteiger charge is -2.14. The highest BCUT2D eigenvalue weighted by molar-refractivity contribution is 7.86.